The number of benzene rings is 1. The zero-order valence-electron chi connectivity index (χ0n) is 12.8. The molecule has 9 heteroatoms. The number of nitro benzene ring substituents is 1. The van der Waals surface area contributed by atoms with Crippen molar-refractivity contribution in [1.82, 2.24) is 4.31 Å². The second kappa shape index (κ2) is 7.61. The number of nitrogens with zero attached hydrogens (tertiary/aromatic N) is 2. The first-order valence-corrected chi connectivity index (χ1v) is 9.81. The fraction of sp³-hybridized carbons (Fsp3) is 0.571. The molecule has 128 valence electrons. The van der Waals surface area contributed by atoms with E-state index in [0.717, 1.165) is 30.7 Å². The SMILES string of the molecule is C[C@@H]1CCCN(S(=O)(=O)c2ccc(SCCO)c([N+](=O)[O-])c2)C1. The summed E-state index contributed by atoms with van der Waals surface area (Å²) in [6.07, 6.45) is 1.79. The van der Waals surface area contributed by atoms with Crippen LogP contribution in [0.1, 0.15) is 19.8 Å². The lowest BCUT2D eigenvalue weighted by Gasteiger charge is -2.30. The average Bonchev–Trinajstić information content (AvgIpc) is 2.52. The van der Waals surface area contributed by atoms with Crippen LogP contribution in [0.15, 0.2) is 28.0 Å². The van der Waals surface area contributed by atoms with Crippen LogP contribution in [0, 0.1) is 16.0 Å². The minimum absolute atomic E-state index is 0.0494. The monoisotopic (exact) mass is 360 g/mol. The maximum absolute atomic E-state index is 12.7. The summed E-state index contributed by atoms with van der Waals surface area (Å²) < 4.78 is 26.8. The van der Waals surface area contributed by atoms with Gasteiger partial charge in [0.25, 0.3) is 5.69 Å². The summed E-state index contributed by atoms with van der Waals surface area (Å²) in [7, 11) is -3.72. The minimum Gasteiger partial charge on any atom is -0.396 e. The number of nitro groups is 1. The molecule has 0 bridgehead atoms. The van der Waals surface area contributed by atoms with Crippen LogP contribution in [0.5, 0.6) is 0 Å². The topological polar surface area (TPSA) is 101 Å². The molecule has 0 saturated carbocycles. The Morgan fingerprint density at radius 2 is 2.22 bits per heavy atom. The van der Waals surface area contributed by atoms with Crippen molar-refractivity contribution in [2.75, 3.05) is 25.4 Å². The van der Waals surface area contributed by atoms with Gasteiger partial charge in [-0.3, -0.25) is 10.1 Å². The van der Waals surface area contributed by atoms with Gasteiger partial charge < -0.3 is 5.11 Å². The van der Waals surface area contributed by atoms with Crippen LogP contribution in [0.2, 0.25) is 0 Å². The molecule has 23 heavy (non-hydrogen) atoms. The summed E-state index contributed by atoms with van der Waals surface area (Å²) in [5.41, 5.74) is -0.241. The third-order valence-electron chi connectivity index (χ3n) is 3.73. The first kappa shape index (κ1) is 18.2. The Hall–Kier alpha value is -1.16. The normalized spacial score (nSPS) is 19.7. The van der Waals surface area contributed by atoms with Crippen LogP contribution in [0.4, 0.5) is 5.69 Å². The van der Waals surface area contributed by atoms with Crippen molar-refractivity contribution >= 4 is 27.5 Å². The first-order valence-electron chi connectivity index (χ1n) is 7.38. The van der Waals surface area contributed by atoms with Gasteiger partial charge >= 0.3 is 0 Å². The summed E-state index contributed by atoms with van der Waals surface area (Å²) in [6, 6.07) is 3.97. The van der Waals surface area contributed by atoms with E-state index in [2.05, 4.69) is 0 Å². The van der Waals surface area contributed by atoms with E-state index in [1.54, 1.807) is 0 Å². The number of rotatable bonds is 6. The summed E-state index contributed by atoms with van der Waals surface area (Å²) >= 11 is 1.13. The van der Waals surface area contributed by atoms with E-state index in [9.17, 15) is 18.5 Å². The predicted octanol–water partition coefficient (Wildman–Crippen LogP) is 2.10. The second-order valence-corrected chi connectivity index (χ2v) is 8.64. The van der Waals surface area contributed by atoms with Crippen molar-refractivity contribution in [3.63, 3.8) is 0 Å². The number of sulfonamides is 1. The van der Waals surface area contributed by atoms with Gasteiger partial charge in [-0.05, 0) is 30.9 Å². The third kappa shape index (κ3) is 4.23. The van der Waals surface area contributed by atoms with E-state index < -0.39 is 14.9 Å². The first-order chi connectivity index (χ1) is 10.9. The van der Waals surface area contributed by atoms with Crippen LogP contribution in [0.3, 0.4) is 0 Å². The largest absolute Gasteiger partial charge is 0.396 e. The van der Waals surface area contributed by atoms with Crippen LogP contribution in [-0.4, -0.2) is 48.2 Å². The summed E-state index contributed by atoms with van der Waals surface area (Å²) in [4.78, 5) is 10.9. The molecule has 1 aliphatic rings. The molecule has 0 amide bonds. The molecule has 7 nitrogen and oxygen atoms in total. The Labute approximate surface area is 139 Å². The van der Waals surface area contributed by atoms with E-state index in [-0.39, 0.29) is 23.1 Å². The lowest BCUT2D eigenvalue weighted by molar-refractivity contribution is -0.388. The zero-order chi connectivity index (χ0) is 17.0. The molecule has 1 atom stereocenters. The summed E-state index contributed by atoms with van der Waals surface area (Å²) in [5, 5.41) is 20.1. The second-order valence-electron chi connectivity index (χ2n) is 5.57. The van der Waals surface area contributed by atoms with Crippen LogP contribution >= 0.6 is 11.8 Å². The maximum Gasteiger partial charge on any atom is 0.284 e. The number of piperidine rings is 1. The molecule has 1 fully saturated rings. The fourth-order valence-corrected chi connectivity index (χ4v) is 4.97. The maximum atomic E-state index is 12.7. The van der Waals surface area contributed by atoms with E-state index >= 15 is 0 Å². The van der Waals surface area contributed by atoms with Gasteiger partial charge in [-0.25, -0.2) is 8.42 Å². The van der Waals surface area contributed by atoms with Crippen molar-refractivity contribution < 1.29 is 18.4 Å². The molecule has 0 radical (unpaired) electrons. The number of hydrogen-bond donors (Lipinski definition) is 1. The predicted molar refractivity (Wildman–Crippen MR) is 88.1 cm³/mol. The van der Waals surface area contributed by atoms with Gasteiger partial charge in [0.2, 0.25) is 10.0 Å². The smallest absolute Gasteiger partial charge is 0.284 e. The van der Waals surface area contributed by atoms with Gasteiger partial charge in [0.05, 0.1) is 21.3 Å². The molecule has 1 aliphatic heterocycles. The molecule has 1 N–H and O–H groups in total. The van der Waals surface area contributed by atoms with Gasteiger partial charge in [-0.1, -0.05) is 6.92 Å². The molecule has 1 aromatic carbocycles. The van der Waals surface area contributed by atoms with Gasteiger partial charge in [0.1, 0.15) is 0 Å². The quantitative estimate of drug-likeness (QED) is 0.474. The molecule has 0 unspecified atom stereocenters. The minimum atomic E-state index is -3.72. The molecular weight excluding hydrogens is 340 g/mol. The lowest BCUT2D eigenvalue weighted by Crippen LogP contribution is -2.39. The van der Waals surface area contributed by atoms with Gasteiger partial charge in [-0.15, -0.1) is 11.8 Å². The van der Waals surface area contributed by atoms with E-state index in [4.69, 9.17) is 5.11 Å². The van der Waals surface area contributed by atoms with Crippen LogP contribution in [-0.2, 0) is 10.0 Å². The summed E-state index contributed by atoms with van der Waals surface area (Å²) in [5.74, 6) is 0.601. The highest BCUT2D eigenvalue weighted by Gasteiger charge is 2.30. The van der Waals surface area contributed by atoms with Crippen molar-refractivity contribution in [3.05, 3.63) is 28.3 Å². The number of aliphatic hydroxyl groups is 1. The van der Waals surface area contributed by atoms with E-state index in [1.807, 2.05) is 6.92 Å². The molecular formula is C14H20N2O5S2. The van der Waals surface area contributed by atoms with Crippen LogP contribution < -0.4 is 0 Å². The van der Waals surface area contributed by atoms with Crippen molar-refractivity contribution in [2.24, 2.45) is 5.92 Å². The highest BCUT2D eigenvalue weighted by atomic mass is 32.2. The van der Waals surface area contributed by atoms with Gasteiger partial charge in [0, 0.05) is 24.9 Å². The van der Waals surface area contributed by atoms with Gasteiger partial charge in [0.15, 0.2) is 0 Å². The Morgan fingerprint density at radius 1 is 1.48 bits per heavy atom. The molecule has 0 spiro atoms. The highest BCUT2D eigenvalue weighted by molar-refractivity contribution is 7.99. The standard InChI is InChI=1S/C14H20N2O5S2/c1-11-3-2-6-15(10-11)23(20,21)12-4-5-14(22-8-7-17)13(9-12)16(18)19/h4-5,9,11,17H,2-3,6-8,10H2,1H3/t11-/m1/s1. The van der Waals surface area contributed by atoms with E-state index in [0.29, 0.717) is 23.7 Å². The Bertz CT molecular complexity index is 678. The number of thioether (sulfide) groups is 1. The Morgan fingerprint density at radius 3 is 2.83 bits per heavy atom. The fourth-order valence-electron chi connectivity index (χ4n) is 2.59. The molecule has 1 heterocycles. The molecule has 1 aromatic rings. The van der Waals surface area contributed by atoms with Crippen LogP contribution in [0.25, 0.3) is 0 Å². The van der Waals surface area contributed by atoms with Gasteiger partial charge in [-0.2, -0.15) is 4.31 Å². The molecule has 2 rings (SSSR count). The summed E-state index contributed by atoms with van der Waals surface area (Å²) in [6.45, 7) is 2.78. The van der Waals surface area contributed by atoms with E-state index in [1.165, 1.54) is 16.4 Å². The Kier molecular flexibility index (Phi) is 6.01. The lowest BCUT2D eigenvalue weighted by atomic mass is 10.0. The number of aliphatic hydroxyl groups excluding tert-OH is 1. The average molecular weight is 360 g/mol. The molecule has 0 aromatic heterocycles. The third-order valence-corrected chi connectivity index (χ3v) is 6.64. The molecule has 0 aliphatic carbocycles. The zero-order valence-corrected chi connectivity index (χ0v) is 14.5. The van der Waals surface area contributed by atoms with Crippen molar-refractivity contribution in [1.29, 1.82) is 0 Å². The van der Waals surface area contributed by atoms with Crippen molar-refractivity contribution in [2.45, 2.75) is 29.6 Å². The number of hydrogen-bond acceptors (Lipinski definition) is 6. The van der Waals surface area contributed by atoms with Crippen molar-refractivity contribution in [3.8, 4) is 0 Å². The Balaban J connectivity index is 2.35. The molecule has 1 saturated heterocycles. The highest BCUT2D eigenvalue weighted by Crippen LogP contribution is 2.33.